The van der Waals surface area contributed by atoms with Crippen LogP contribution in [0.5, 0.6) is 0 Å². The molecule has 0 rings (SSSR count). The Balaban J connectivity index is 4.02. The first kappa shape index (κ1) is 9.34. The minimum Gasteiger partial charge on any atom is -0.291 e. The second kappa shape index (κ2) is 4.20. The van der Waals surface area contributed by atoms with Crippen LogP contribution in [0.3, 0.4) is 0 Å². The second-order valence-electron chi connectivity index (χ2n) is 2.43. The lowest BCUT2D eigenvalue weighted by atomic mass is 9.96. The van der Waals surface area contributed by atoms with Gasteiger partial charge in [-0.15, -0.1) is 0 Å². The molecule has 0 aromatic heterocycles. The zero-order valence-corrected chi connectivity index (χ0v) is 6.81. The molecule has 2 heteroatoms. The highest BCUT2D eigenvalue weighted by Crippen LogP contribution is 2.08. The maximum Gasteiger partial charge on any atom is 0.201 e. The number of carbonyl (C=O) groups is 2. The number of carbonyl (C=O) groups excluding carboxylic acids is 2. The highest BCUT2D eigenvalue weighted by Gasteiger charge is 2.17. The maximum atomic E-state index is 11.0. The van der Waals surface area contributed by atoms with Gasteiger partial charge in [-0.1, -0.05) is 13.8 Å². The molecule has 0 saturated heterocycles. The summed E-state index contributed by atoms with van der Waals surface area (Å²) < 4.78 is 0. The summed E-state index contributed by atoms with van der Waals surface area (Å²) in [6.07, 6.45) is 1.55. The molecule has 0 bridgehead atoms. The summed E-state index contributed by atoms with van der Waals surface area (Å²) >= 11 is 0. The van der Waals surface area contributed by atoms with Gasteiger partial charge in [-0.25, -0.2) is 0 Å². The summed E-state index contributed by atoms with van der Waals surface area (Å²) in [4.78, 5) is 21.5. The normalized spacial score (nSPS) is 10.0. The van der Waals surface area contributed by atoms with Crippen LogP contribution in [-0.2, 0) is 9.59 Å². The molecule has 0 saturated carbocycles. The van der Waals surface area contributed by atoms with Gasteiger partial charge in [0.25, 0.3) is 0 Å². The highest BCUT2D eigenvalue weighted by molar-refractivity contribution is 6.36. The number of hydrogen-bond acceptors (Lipinski definition) is 2. The van der Waals surface area contributed by atoms with Gasteiger partial charge >= 0.3 is 0 Å². The van der Waals surface area contributed by atoms with Crippen molar-refractivity contribution in [3.05, 3.63) is 0 Å². The molecule has 58 valence electrons. The van der Waals surface area contributed by atoms with E-state index in [1.54, 1.807) is 0 Å². The summed E-state index contributed by atoms with van der Waals surface area (Å²) in [6.45, 7) is 5.19. The Morgan fingerprint density at radius 1 is 1.20 bits per heavy atom. The molecule has 0 spiro atoms. The summed E-state index contributed by atoms with van der Waals surface area (Å²) in [5.41, 5.74) is 0. The van der Waals surface area contributed by atoms with Crippen molar-refractivity contribution in [2.24, 2.45) is 5.92 Å². The van der Waals surface area contributed by atoms with E-state index < -0.39 is 0 Å². The third-order valence-corrected chi connectivity index (χ3v) is 1.70. The zero-order chi connectivity index (χ0) is 8.15. The van der Waals surface area contributed by atoms with E-state index in [2.05, 4.69) is 0 Å². The predicted octanol–water partition coefficient (Wildman–Crippen LogP) is 1.58. The van der Waals surface area contributed by atoms with Crippen LogP contribution in [0.25, 0.3) is 0 Å². The van der Waals surface area contributed by atoms with Gasteiger partial charge in [-0.3, -0.25) is 9.59 Å². The molecule has 0 radical (unpaired) electrons. The molecule has 0 aliphatic rings. The van der Waals surface area contributed by atoms with Crippen LogP contribution in [0.15, 0.2) is 0 Å². The van der Waals surface area contributed by atoms with Crippen molar-refractivity contribution in [2.75, 3.05) is 0 Å². The van der Waals surface area contributed by atoms with Gasteiger partial charge in [0, 0.05) is 12.8 Å². The van der Waals surface area contributed by atoms with E-state index in [4.69, 9.17) is 0 Å². The summed E-state index contributed by atoms with van der Waals surface area (Å²) in [6, 6.07) is 0. The number of Topliss-reactive ketones (excluding diaryl/α,β-unsaturated/α-hetero) is 2. The van der Waals surface area contributed by atoms with E-state index in [0.717, 1.165) is 12.8 Å². The van der Waals surface area contributed by atoms with Gasteiger partial charge in [-0.05, 0) is 12.8 Å². The van der Waals surface area contributed by atoms with Gasteiger partial charge in [0.2, 0.25) is 5.78 Å². The van der Waals surface area contributed by atoms with Crippen LogP contribution in [0.1, 0.15) is 33.6 Å². The number of hydrogen-bond donors (Lipinski definition) is 0. The number of rotatable bonds is 4. The molecular weight excluding hydrogens is 128 g/mol. The minimum absolute atomic E-state index is 0.0440. The van der Waals surface area contributed by atoms with Crippen molar-refractivity contribution in [3.8, 4) is 0 Å². The van der Waals surface area contributed by atoms with Crippen LogP contribution < -0.4 is 0 Å². The summed E-state index contributed by atoms with van der Waals surface area (Å²) in [5.74, 6) is -0.573. The lowest BCUT2D eigenvalue weighted by molar-refractivity contribution is -0.137. The minimum atomic E-state index is -0.311. The first-order valence-corrected chi connectivity index (χ1v) is 3.68. The van der Waals surface area contributed by atoms with Gasteiger partial charge < -0.3 is 0 Å². The largest absolute Gasteiger partial charge is 0.291 e. The number of ketones is 2. The Labute approximate surface area is 61.6 Å². The molecule has 0 heterocycles. The van der Waals surface area contributed by atoms with Crippen LogP contribution in [-0.4, -0.2) is 11.6 Å². The Kier molecular flexibility index (Phi) is 3.93. The molecule has 0 fully saturated rings. The van der Waals surface area contributed by atoms with Crippen molar-refractivity contribution in [1.82, 2.24) is 0 Å². The van der Waals surface area contributed by atoms with E-state index in [1.807, 2.05) is 13.8 Å². The van der Waals surface area contributed by atoms with Gasteiger partial charge in [0.1, 0.15) is 0 Å². The van der Waals surface area contributed by atoms with Crippen molar-refractivity contribution in [1.29, 1.82) is 0 Å². The quantitative estimate of drug-likeness (QED) is 0.558. The second-order valence-corrected chi connectivity index (χ2v) is 2.43. The van der Waals surface area contributed by atoms with Crippen LogP contribution >= 0.6 is 0 Å². The zero-order valence-electron chi connectivity index (χ0n) is 6.81. The lowest BCUT2D eigenvalue weighted by Gasteiger charge is -2.06. The van der Waals surface area contributed by atoms with E-state index in [9.17, 15) is 9.59 Å². The van der Waals surface area contributed by atoms with Gasteiger partial charge in [0.15, 0.2) is 5.78 Å². The fraction of sp³-hybridized carbons (Fsp3) is 0.750. The fourth-order valence-corrected chi connectivity index (χ4v) is 0.947. The molecule has 0 aromatic rings. The molecule has 0 N–H and O–H groups in total. The van der Waals surface area contributed by atoms with Gasteiger partial charge in [-0.2, -0.15) is 0 Å². The van der Waals surface area contributed by atoms with E-state index in [1.165, 1.54) is 6.92 Å². The average Bonchev–Trinajstić information content (AvgIpc) is 1.90. The smallest absolute Gasteiger partial charge is 0.201 e. The maximum absolute atomic E-state index is 11.0. The average molecular weight is 142 g/mol. The Hall–Kier alpha value is -0.660. The van der Waals surface area contributed by atoms with Crippen LogP contribution in [0.4, 0.5) is 0 Å². The first-order chi connectivity index (χ1) is 4.63. The standard InChI is InChI=1S/C8H14O2/c1-4-7(5-2)8(10)6(3)9/h7H,4-5H2,1-3H3. The Morgan fingerprint density at radius 2 is 1.60 bits per heavy atom. The molecule has 0 unspecified atom stereocenters. The molecule has 10 heavy (non-hydrogen) atoms. The monoisotopic (exact) mass is 142 g/mol. The third-order valence-electron chi connectivity index (χ3n) is 1.70. The van der Waals surface area contributed by atoms with E-state index >= 15 is 0 Å². The van der Waals surface area contributed by atoms with Crippen molar-refractivity contribution < 1.29 is 9.59 Å². The summed E-state index contributed by atoms with van der Waals surface area (Å²) in [7, 11) is 0. The van der Waals surface area contributed by atoms with Crippen LogP contribution in [0.2, 0.25) is 0 Å². The predicted molar refractivity (Wildman–Crippen MR) is 39.8 cm³/mol. The molecular formula is C8H14O2. The molecule has 0 atom stereocenters. The highest BCUT2D eigenvalue weighted by atomic mass is 16.2. The van der Waals surface area contributed by atoms with Crippen LogP contribution in [0, 0.1) is 5.92 Å². The summed E-state index contributed by atoms with van der Waals surface area (Å²) in [5, 5.41) is 0. The molecule has 0 amide bonds. The lowest BCUT2D eigenvalue weighted by Crippen LogP contribution is -2.19. The first-order valence-electron chi connectivity index (χ1n) is 3.68. The van der Waals surface area contributed by atoms with E-state index in [0.29, 0.717) is 0 Å². The molecule has 0 aliphatic carbocycles. The Morgan fingerprint density at radius 3 is 1.70 bits per heavy atom. The van der Waals surface area contributed by atoms with E-state index in [-0.39, 0.29) is 17.5 Å². The fourth-order valence-electron chi connectivity index (χ4n) is 0.947. The SMILES string of the molecule is CCC(CC)C(=O)C(C)=O. The molecule has 2 nitrogen and oxygen atoms in total. The third kappa shape index (κ3) is 2.29. The van der Waals surface area contributed by atoms with Crippen molar-refractivity contribution in [3.63, 3.8) is 0 Å². The van der Waals surface area contributed by atoms with Gasteiger partial charge in [0.05, 0.1) is 0 Å². The van der Waals surface area contributed by atoms with Crippen molar-refractivity contribution in [2.45, 2.75) is 33.6 Å². The van der Waals surface area contributed by atoms with Crippen molar-refractivity contribution >= 4 is 11.6 Å². The molecule has 0 aliphatic heterocycles. The topological polar surface area (TPSA) is 34.1 Å². The Bertz CT molecular complexity index is 134. The molecule has 0 aromatic carbocycles.